The molecule has 1 aromatic rings. The van der Waals surface area contributed by atoms with Gasteiger partial charge in [-0.1, -0.05) is 66.7 Å². The Hall–Kier alpha value is -0.490. The molecule has 0 aliphatic rings. The molecule has 0 bridgehead atoms. The fourth-order valence-electron chi connectivity index (χ4n) is 4.09. The molecule has 4 unspecified atom stereocenters. The minimum absolute atomic E-state index is 0.200. The highest BCUT2D eigenvalue weighted by atomic mass is 31.1. The molecular weight excluding hydrogens is 345 g/mol. The van der Waals surface area contributed by atoms with E-state index in [4.69, 9.17) is 0 Å². The lowest BCUT2D eigenvalue weighted by Gasteiger charge is -2.21. The monoisotopic (exact) mass is 385 g/mol. The van der Waals surface area contributed by atoms with E-state index >= 15 is 0 Å². The minimum atomic E-state index is -1.08. The van der Waals surface area contributed by atoms with Crippen molar-refractivity contribution in [3.05, 3.63) is 29.8 Å². The van der Waals surface area contributed by atoms with Crippen LogP contribution < -0.4 is 5.30 Å². The zero-order chi connectivity index (χ0) is 19.5. The Morgan fingerprint density at radius 2 is 1.46 bits per heavy atom. The van der Waals surface area contributed by atoms with Crippen molar-refractivity contribution < 1.29 is 8.78 Å². The molecule has 1 rings (SSSR count). The van der Waals surface area contributed by atoms with E-state index in [1.54, 1.807) is 0 Å². The van der Waals surface area contributed by atoms with Crippen molar-refractivity contribution in [2.75, 3.05) is 12.3 Å². The fourth-order valence-corrected chi connectivity index (χ4v) is 7.55. The number of rotatable bonds is 13. The number of halogens is 2. The van der Waals surface area contributed by atoms with Crippen LogP contribution in [0.3, 0.4) is 0 Å². The zero-order valence-electron chi connectivity index (χ0n) is 17.6. The molecule has 0 amide bonds. The largest absolute Gasteiger partial charge is 0.207 e. The van der Waals surface area contributed by atoms with Crippen LogP contribution in [-0.4, -0.2) is 12.3 Å². The third-order valence-corrected chi connectivity index (χ3v) is 9.15. The molecule has 0 saturated heterocycles. The number of hydrogen-bond donors (Lipinski definition) is 0. The van der Waals surface area contributed by atoms with Crippen molar-refractivity contribution in [3.8, 4) is 0 Å². The van der Waals surface area contributed by atoms with Crippen LogP contribution in [0.25, 0.3) is 0 Å². The summed E-state index contributed by atoms with van der Waals surface area (Å²) >= 11 is 0. The van der Waals surface area contributed by atoms with Crippen LogP contribution in [0, 0.1) is 29.4 Å². The second kappa shape index (κ2) is 12.8. The molecule has 4 atom stereocenters. The van der Waals surface area contributed by atoms with Gasteiger partial charge in [-0.25, -0.2) is 8.78 Å². The lowest BCUT2D eigenvalue weighted by Crippen LogP contribution is -2.18. The van der Waals surface area contributed by atoms with Gasteiger partial charge in [0.25, 0.3) is 0 Å². The predicted molar refractivity (Wildman–Crippen MR) is 115 cm³/mol. The van der Waals surface area contributed by atoms with Gasteiger partial charge in [-0.2, -0.15) is 0 Å². The molecule has 0 heterocycles. The van der Waals surface area contributed by atoms with Gasteiger partial charge in [0.1, 0.15) is 11.1 Å². The Balaban J connectivity index is 2.79. The van der Waals surface area contributed by atoms with Crippen molar-refractivity contribution in [1.29, 1.82) is 0 Å². The van der Waals surface area contributed by atoms with Crippen LogP contribution >= 0.6 is 7.92 Å². The third-order valence-electron chi connectivity index (χ3n) is 5.62. The molecule has 0 spiro atoms. The Kier molecular flexibility index (Phi) is 11.6. The van der Waals surface area contributed by atoms with Gasteiger partial charge < -0.3 is 0 Å². The van der Waals surface area contributed by atoms with Crippen LogP contribution in [0.4, 0.5) is 8.78 Å². The third kappa shape index (κ3) is 8.47. The van der Waals surface area contributed by atoms with E-state index in [1.165, 1.54) is 56.7 Å². The first-order chi connectivity index (χ1) is 12.4. The van der Waals surface area contributed by atoms with Crippen LogP contribution in [0.2, 0.25) is 0 Å². The van der Waals surface area contributed by atoms with Crippen molar-refractivity contribution in [1.82, 2.24) is 0 Å². The van der Waals surface area contributed by atoms with Gasteiger partial charge in [0, 0.05) is 14.0 Å². The maximum Gasteiger partial charge on any atom is 0.165 e. The standard InChI is InChI=1S/C23H39F2P/c1-6-9-18(4)16-26(23-15-21(24)13-14-22(23)25)17-19(5)11-12-20(8-3)10-7-2/h13-15,18-20H,6-12,16-17H2,1-5H3/p+1. The van der Waals surface area contributed by atoms with Gasteiger partial charge in [-0.05, 0) is 42.7 Å². The fraction of sp³-hybridized carbons (Fsp3) is 0.739. The second-order valence-electron chi connectivity index (χ2n) is 8.28. The van der Waals surface area contributed by atoms with E-state index in [1.807, 2.05) is 0 Å². The molecule has 0 aliphatic heterocycles. The average Bonchev–Trinajstić information content (AvgIpc) is 2.60. The molecule has 0 nitrogen and oxygen atoms in total. The van der Waals surface area contributed by atoms with Gasteiger partial charge in [0.05, 0.1) is 12.3 Å². The molecule has 0 saturated carbocycles. The topological polar surface area (TPSA) is 0 Å². The van der Waals surface area contributed by atoms with E-state index in [-0.39, 0.29) is 11.6 Å². The first kappa shape index (κ1) is 23.5. The van der Waals surface area contributed by atoms with Crippen LogP contribution in [0.1, 0.15) is 79.6 Å². The SMILES string of the molecule is CCCC(C)C[PH+](CC(C)CCC(CC)CCC)c1cc(F)ccc1F. The summed E-state index contributed by atoms with van der Waals surface area (Å²) < 4.78 is 28.2. The molecule has 0 N–H and O–H groups in total. The normalized spacial score (nSPS) is 16.3. The highest BCUT2D eigenvalue weighted by Crippen LogP contribution is 2.41. The van der Waals surface area contributed by atoms with E-state index in [0.29, 0.717) is 17.1 Å². The van der Waals surface area contributed by atoms with Crippen LogP contribution in [0.15, 0.2) is 18.2 Å². The van der Waals surface area contributed by atoms with Crippen LogP contribution in [-0.2, 0) is 0 Å². The predicted octanol–water partition coefficient (Wildman–Crippen LogP) is 7.48. The highest BCUT2D eigenvalue weighted by Gasteiger charge is 2.28. The molecule has 0 radical (unpaired) electrons. The van der Waals surface area contributed by atoms with Crippen LogP contribution in [0.5, 0.6) is 0 Å². The average molecular weight is 386 g/mol. The zero-order valence-corrected chi connectivity index (χ0v) is 18.6. The van der Waals surface area contributed by atoms with E-state index < -0.39 is 7.92 Å². The summed E-state index contributed by atoms with van der Waals surface area (Å²) in [5, 5.41) is 0.686. The van der Waals surface area contributed by atoms with Gasteiger partial charge in [-0.15, -0.1) is 0 Å². The Labute approximate surface area is 161 Å². The highest BCUT2D eigenvalue weighted by molar-refractivity contribution is 7.65. The first-order valence-electron chi connectivity index (χ1n) is 10.7. The Morgan fingerprint density at radius 1 is 0.846 bits per heavy atom. The number of hydrogen-bond acceptors (Lipinski definition) is 0. The summed E-state index contributed by atoms with van der Waals surface area (Å²) in [6.07, 6.45) is 10.8. The summed E-state index contributed by atoms with van der Waals surface area (Å²) in [7, 11) is -1.08. The lowest BCUT2D eigenvalue weighted by molar-refractivity contribution is 0.389. The minimum Gasteiger partial charge on any atom is -0.207 e. The second-order valence-corrected chi connectivity index (χ2v) is 10.8. The smallest absolute Gasteiger partial charge is 0.165 e. The molecular formula is C23H40F2P+. The molecule has 0 aliphatic carbocycles. The quantitative estimate of drug-likeness (QED) is 0.309. The molecule has 3 heteroatoms. The van der Waals surface area contributed by atoms with Crippen molar-refractivity contribution >= 4 is 13.2 Å². The van der Waals surface area contributed by atoms with Crippen molar-refractivity contribution in [2.24, 2.45) is 17.8 Å². The van der Waals surface area contributed by atoms with Crippen molar-refractivity contribution in [3.63, 3.8) is 0 Å². The molecule has 1 aromatic carbocycles. The van der Waals surface area contributed by atoms with Gasteiger partial charge >= 0.3 is 0 Å². The maximum atomic E-state index is 14.4. The Bertz CT molecular complexity index is 503. The molecule has 26 heavy (non-hydrogen) atoms. The summed E-state index contributed by atoms with van der Waals surface area (Å²) in [6, 6.07) is 4.04. The van der Waals surface area contributed by atoms with E-state index in [9.17, 15) is 8.78 Å². The van der Waals surface area contributed by atoms with E-state index in [2.05, 4.69) is 34.6 Å². The molecule has 150 valence electrons. The summed E-state index contributed by atoms with van der Waals surface area (Å²) in [5.41, 5.74) is 0. The molecule has 0 fully saturated rings. The Morgan fingerprint density at radius 3 is 2.04 bits per heavy atom. The summed E-state index contributed by atoms with van der Waals surface area (Å²) in [5.74, 6) is 1.50. The lowest BCUT2D eigenvalue weighted by atomic mass is 9.92. The van der Waals surface area contributed by atoms with E-state index in [0.717, 1.165) is 24.7 Å². The summed E-state index contributed by atoms with van der Waals surface area (Å²) in [6.45, 7) is 11.3. The maximum absolute atomic E-state index is 14.4. The molecule has 0 aromatic heterocycles. The van der Waals surface area contributed by atoms with Gasteiger partial charge in [0.2, 0.25) is 0 Å². The van der Waals surface area contributed by atoms with Gasteiger partial charge in [0.15, 0.2) is 5.82 Å². The first-order valence-corrected chi connectivity index (χ1v) is 12.6. The number of benzene rings is 1. The van der Waals surface area contributed by atoms with Gasteiger partial charge in [-0.3, -0.25) is 0 Å². The summed E-state index contributed by atoms with van der Waals surface area (Å²) in [4.78, 5) is 0. The van der Waals surface area contributed by atoms with Crippen molar-refractivity contribution in [2.45, 2.75) is 79.6 Å².